The molecule has 2 aromatic carbocycles. The van der Waals surface area contributed by atoms with Crippen LogP contribution in [0.25, 0.3) is 5.69 Å². The summed E-state index contributed by atoms with van der Waals surface area (Å²) >= 11 is 0. The number of carboxylic acids is 1. The third-order valence-corrected chi connectivity index (χ3v) is 5.51. The second kappa shape index (κ2) is 12.4. The second-order valence-electron chi connectivity index (χ2n) is 8.84. The second-order valence-corrected chi connectivity index (χ2v) is 8.84. The fourth-order valence-electron chi connectivity index (χ4n) is 3.74. The van der Waals surface area contributed by atoms with Gasteiger partial charge in [0.2, 0.25) is 5.88 Å². The highest BCUT2D eigenvalue weighted by molar-refractivity contribution is 5.94. The first kappa shape index (κ1) is 27.8. The lowest BCUT2D eigenvalue weighted by molar-refractivity contribution is -0.139. The maximum atomic E-state index is 14.0. The van der Waals surface area contributed by atoms with Gasteiger partial charge in [0, 0.05) is 24.1 Å². The fraction of sp³-hybridized carbons (Fsp3) is 0.346. The van der Waals surface area contributed by atoms with Crippen molar-refractivity contribution in [2.75, 3.05) is 6.61 Å². The summed E-state index contributed by atoms with van der Waals surface area (Å²) in [5.41, 5.74) is 1.07. The van der Waals surface area contributed by atoms with E-state index < -0.39 is 42.1 Å². The predicted molar refractivity (Wildman–Crippen MR) is 130 cm³/mol. The molecule has 0 saturated carbocycles. The third kappa shape index (κ3) is 7.34. The molecule has 1 heterocycles. The number of ether oxygens (including phenoxy) is 1. The van der Waals surface area contributed by atoms with Gasteiger partial charge in [0.15, 0.2) is 5.69 Å². The van der Waals surface area contributed by atoms with Crippen LogP contribution in [0.3, 0.4) is 0 Å². The van der Waals surface area contributed by atoms with Gasteiger partial charge in [0.25, 0.3) is 5.91 Å². The summed E-state index contributed by atoms with van der Waals surface area (Å²) < 4.78 is 34.7. The van der Waals surface area contributed by atoms with Gasteiger partial charge in [-0.1, -0.05) is 32.0 Å². The van der Waals surface area contributed by atoms with Gasteiger partial charge in [-0.05, 0) is 36.2 Å². The Morgan fingerprint density at radius 2 is 1.73 bits per heavy atom. The number of amides is 1. The maximum Gasteiger partial charge on any atom is 0.305 e. The number of aliphatic carboxylic acids is 1. The summed E-state index contributed by atoms with van der Waals surface area (Å²) in [7, 11) is 0. The number of halogens is 2. The van der Waals surface area contributed by atoms with Crippen molar-refractivity contribution in [3.63, 3.8) is 0 Å². The van der Waals surface area contributed by atoms with Crippen LogP contribution >= 0.6 is 0 Å². The monoisotopic (exact) mass is 517 g/mol. The molecular weight excluding hydrogens is 488 g/mol. The van der Waals surface area contributed by atoms with E-state index in [-0.39, 0.29) is 37.1 Å². The molecule has 0 unspecified atom stereocenters. The number of nitrogens with one attached hydrogen (secondary N) is 1. The number of aromatic nitrogens is 2. The van der Waals surface area contributed by atoms with Crippen molar-refractivity contribution in [2.24, 2.45) is 0 Å². The van der Waals surface area contributed by atoms with Crippen LogP contribution in [0.5, 0.6) is 5.88 Å². The highest BCUT2D eigenvalue weighted by atomic mass is 19.1. The normalized spacial score (nSPS) is 12.8. The number of aliphatic hydroxyl groups is 2. The van der Waals surface area contributed by atoms with E-state index in [2.05, 4.69) is 10.4 Å². The zero-order valence-electron chi connectivity index (χ0n) is 20.4. The quantitative estimate of drug-likeness (QED) is 0.290. The van der Waals surface area contributed by atoms with E-state index in [4.69, 9.17) is 9.84 Å². The molecule has 2 atom stereocenters. The van der Waals surface area contributed by atoms with Crippen LogP contribution in [-0.2, 0) is 11.3 Å². The molecule has 0 spiro atoms. The molecule has 1 amide bonds. The smallest absolute Gasteiger partial charge is 0.305 e. The molecule has 1 aromatic heterocycles. The minimum Gasteiger partial charge on any atom is -0.481 e. The van der Waals surface area contributed by atoms with Crippen LogP contribution in [0.15, 0.2) is 48.5 Å². The van der Waals surface area contributed by atoms with Gasteiger partial charge < -0.3 is 25.4 Å². The Kier molecular flexibility index (Phi) is 9.31. The molecule has 0 aliphatic heterocycles. The van der Waals surface area contributed by atoms with Crippen molar-refractivity contribution in [1.29, 1.82) is 0 Å². The van der Waals surface area contributed by atoms with Gasteiger partial charge in [-0.25, -0.2) is 13.5 Å². The van der Waals surface area contributed by atoms with E-state index in [1.54, 1.807) is 32.0 Å². The molecule has 4 N–H and O–H groups in total. The Morgan fingerprint density at radius 1 is 1.05 bits per heavy atom. The highest BCUT2D eigenvalue weighted by Gasteiger charge is 2.28. The lowest BCUT2D eigenvalue weighted by atomic mass is 10.0. The number of rotatable bonds is 12. The zero-order chi connectivity index (χ0) is 27.1. The number of hydrogen-bond donors (Lipinski definition) is 4. The van der Waals surface area contributed by atoms with Crippen molar-refractivity contribution in [3.05, 3.63) is 77.0 Å². The topological polar surface area (TPSA) is 134 Å². The molecular formula is C26H29F2N3O6. The molecule has 0 fully saturated rings. The summed E-state index contributed by atoms with van der Waals surface area (Å²) in [6, 6.07) is 11.3. The van der Waals surface area contributed by atoms with Crippen LogP contribution in [0.2, 0.25) is 0 Å². The Hall–Kier alpha value is -3.83. The molecule has 0 saturated heterocycles. The van der Waals surface area contributed by atoms with E-state index in [0.717, 1.165) is 0 Å². The van der Waals surface area contributed by atoms with Crippen LogP contribution in [0.1, 0.15) is 54.2 Å². The summed E-state index contributed by atoms with van der Waals surface area (Å²) in [5, 5.41) is 36.0. The number of hydrogen-bond acceptors (Lipinski definition) is 6. The number of carboxylic acid groups (broad SMARTS) is 1. The van der Waals surface area contributed by atoms with Gasteiger partial charge in [-0.15, -0.1) is 0 Å². The van der Waals surface area contributed by atoms with E-state index in [1.165, 1.54) is 35.0 Å². The van der Waals surface area contributed by atoms with Gasteiger partial charge in [-0.2, -0.15) is 5.10 Å². The van der Waals surface area contributed by atoms with E-state index in [1.807, 2.05) is 0 Å². The molecule has 11 heteroatoms. The SMILES string of the molecule is CC(C)c1c(C(=O)NCc2ccccc2F)nn(-c2ccc(F)cc2)c1OC[C@@H](O)C[C@@H](O)CC(=O)O. The van der Waals surface area contributed by atoms with Gasteiger partial charge in [-0.3, -0.25) is 9.59 Å². The minimum atomic E-state index is -1.28. The van der Waals surface area contributed by atoms with E-state index in [0.29, 0.717) is 16.8 Å². The lowest BCUT2D eigenvalue weighted by Crippen LogP contribution is -2.26. The fourth-order valence-corrected chi connectivity index (χ4v) is 3.74. The average Bonchev–Trinajstić information content (AvgIpc) is 3.22. The summed E-state index contributed by atoms with van der Waals surface area (Å²) in [5.74, 6) is -2.91. The first-order chi connectivity index (χ1) is 17.6. The third-order valence-electron chi connectivity index (χ3n) is 5.51. The van der Waals surface area contributed by atoms with Crippen LogP contribution in [0, 0.1) is 11.6 Å². The van der Waals surface area contributed by atoms with Crippen LogP contribution in [0.4, 0.5) is 8.78 Å². The minimum absolute atomic E-state index is 0.00562. The number of carbonyl (C=O) groups excluding carboxylic acids is 1. The van der Waals surface area contributed by atoms with Gasteiger partial charge >= 0.3 is 5.97 Å². The van der Waals surface area contributed by atoms with Crippen molar-refractivity contribution in [3.8, 4) is 11.6 Å². The number of aliphatic hydroxyl groups excluding tert-OH is 2. The van der Waals surface area contributed by atoms with Crippen molar-refractivity contribution < 1.29 is 38.4 Å². The van der Waals surface area contributed by atoms with Crippen molar-refractivity contribution >= 4 is 11.9 Å². The zero-order valence-corrected chi connectivity index (χ0v) is 20.4. The maximum absolute atomic E-state index is 14.0. The van der Waals surface area contributed by atoms with Crippen LogP contribution < -0.4 is 10.1 Å². The summed E-state index contributed by atoms with van der Waals surface area (Å²) in [6.45, 7) is 3.20. The molecule has 9 nitrogen and oxygen atoms in total. The molecule has 3 rings (SSSR count). The largest absolute Gasteiger partial charge is 0.481 e. The number of carbonyl (C=O) groups is 2. The Balaban J connectivity index is 1.91. The van der Waals surface area contributed by atoms with E-state index >= 15 is 0 Å². The lowest BCUT2D eigenvalue weighted by Gasteiger charge is -2.17. The van der Waals surface area contributed by atoms with Crippen molar-refractivity contribution in [2.45, 2.75) is 51.4 Å². The first-order valence-electron chi connectivity index (χ1n) is 11.7. The number of benzene rings is 2. The Morgan fingerprint density at radius 3 is 2.35 bits per heavy atom. The molecule has 0 radical (unpaired) electrons. The summed E-state index contributed by atoms with van der Waals surface area (Å²) in [4.78, 5) is 23.9. The summed E-state index contributed by atoms with van der Waals surface area (Å²) in [6.07, 6.45) is -3.27. The first-order valence-corrected chi connectivity index (χ1v) is 11.7. The standard InChI is InChI=1S/C26H29F2N3O6/c1-15(2)23-24(25(36)29-13-16-5-3-4-6-21(16)28)30-31(18-9-7-17(27)8-10-18)26(23)37-14-20(33)11-19(32)12-22(34)35/h3-10,15,19-20,32-33H,11-14H2,1-2H3,(H,29,36)(H,34,35)/t19-,20+/m1/s1. The van der Waals surface area contributed by atoms with Crippen molar-refractivity contribution in [1.82, 2.24) is 15.1 Å². The number of nitrogens with zero attached hydrogens (tertiary/aromatic N) is 2. The average molecular weight is 518 g/mol. The van der Waals surface area contributed by atoms with E-state index in [9.17, 15) is 28.6 Å². The Bertz CT molecular complexity index is 1230. The molecule has 198 valence electrons. The molecule has 0 bridgehead atoms. The molecule has 0 aliphatic carbocycles. The van der Waals surface area contributed by atoms with Gasteiger partial charge in [0.1, 0.15) is 18.2 Å². The Labute approximate surface area is 212 Å². The highest BCUT2D eigenvalue weighted by Crippen LogP contribution is 2.33. The van der Waals surface area contributed by atoms with Gasteiger partial charge in [0.05, 0.1) is 24.3 Å². The molecule has 3 aromatic rings. The molecule has 0 aliphatic rings. The predicted octanol–water partition coefficient (Wildman–Crippen LogP) is 3.17. The molecule has 37 heavy (non-hydrogen) atoms. The van der Waals surface area contributed by atoms with Crippen LogP contribution in [-0.4, -0.2) is 55.8 Å².